The molecular weight excluding hydrogens is 380 g/mol. The Bertz CT molecular complexity index is 1260. The fraction of sp³-hybridized carbons (Fsp3) is 0.261. The molecule has 2 atom stereocenters. The number of rotatable bonds is 4. The van der Waals surface area contributed by atoms with Gasteiger partial charge >= 0.3 is 0 Å². The lowest BCUT2D eigenvalue weighted by molar-refractivity contribution is 0.0884. The van der Waals surface area contributed by atoms with Crippen molar-refractivity contribution in [2.45, 2.75) is 25.8 Å². The largest absolute Gasteiger partial charge is 0.463 e. The highest BCUT2D eigenvalue weighted by atomic mass is 16.4. The van der Waals surface area contributed by atoms with Crippen LogP contribution in [0.4, 0.5) is 0 Å². The maximum atomic E-state index is 13.7. The molecule has 152 valence electrons. The number of ketones is 1. The lowest BCUT2D eigenvalue weighted by Crippen LogP contribution is -2.33. The number of Topliss-reactive ketones (excluding diaryl/α,β-unsaturated/α-hetero) is 1. The zero-order valence-electron chi connectivity index (χ0n) is 16.8. The van der Waals surface area contributed by atoms with Crippen molar-refractivity contribution in [3.05, 3.63) is 77.9 Å². The number of carbonyl (C=O) groups excluding carboxylic acids is 1. The maximum Gasteiger partial charge on any atom is 0.170 e. The lowest BCUT2D eigenvalue weighted by Gasteiger charge is -2.30. The van der Waals surface area contributed by atoms with Gasteiger partial charge in [-0.05, 0) is 31.5 Å². The zero-order chi connectivity index (χ0) is 20.8. The SMILES string of the molecule is Cc1nccn1CC1CC(C(=NO)c2ccco2)c2c(c3ccccc3n2C)C1=O. The quantitative estimate of drug-likeness (QED) is 0.316. The second-order valence-corrected chi connectivity index (χ2v) is 7.78. The van der Waals surface area contributed by atoms with Crippen molar-refractivity contribution >= 4 is 22.4 Å². The van der Waals surface area contributed by atoms with Gasteiger partial charge in [0.25, 0.3) is 0 Å². The Kier molecular flexibility index (Phi) is 4.31. The molecule has 0 saturated heterocycles. The van der Waals surface area contributed by atoms with Crippen LogP contribution in [0.1, 0.15) is 40.0 Å². The molecule has 0 bridgehead atoms. The van der Waals surface area contributed by atoms with Gasteiger partial charge in [0, 0.05) is 54.1 Å². The van der Waals surface area contributed by atoms with E-state index in [4.69, 9.17) is 4.42 Å². The van der Waals surface area contributed by atoms with Crippen LogP contribution in [0.25, 0.3) is 10.9 Å². The molecule has 1 aromatic carbocycles. The molecule has 0 fully saturated rings. The second-order valence-electron chi connectivity index (χ2n) is 7.78. The van der Waals surface area contributed by atoms with Crippen LogP contribution in [0.15, 0.2) is 64.6 Å². The molecule has 0 saturated carbocycles. The van der Waals surface area contributed by atoms with Crippen molar-refractivity contribution in [3.8, 4) is 0 Å². The van der Waals surface area contributed by atoms with Gasteiger partial charge in [-0.3, -0.25) is 4.79 Å². The van der Waals surface area contributed by atoms with E-state index in [0.29, 0.717) is 30.0 Å². The molecule has 3 heterocycles. The molecule has 1 aliphatic rings. The number of oxime groups is 1. The topological polar surface area (TPSA) is 85.5 Å². The number of para-hydroxylation sites is 1. The first-order chi connectivity index (χ1) is 14.6. The smallest absolute Gasteiger partial charge is 0.170 e. The molecule has 0 radical (unpaired) electrons. The third-order valence-corrected chi connectivity index (χ3v) is 6.17. The number of aryl methyl sites for hydroxylation is 2. The molecule has 0 amide bonds. The molecule has 1 aliphatic carbocycles. The summed E-state index contributed by atoms with van der Waals surface area (Å²) in [5.74, 6) is 0.937. The molecule has 0 spiro atoms. The first-order valence-corrected chi connectivity index (χ1v) is 9.95. The Balaban J connectivity index is 1.70. The molecule has 5 rings (SSSR count). The summed E-state index contributed by atoms with van der Waals surface area (Å²) in [6.07, 6.45) is 5.72. The number of fused-ring (bicyclic) bond motifs is 3. The van der Waals surface area contributed by atoms with Crippen molar-refractivity contribution in [1.82, 2.24) is 14.1 Å². The molecule has 7 nitrogen and oxygen atoms in total. The zero-order valence-corrected chi connectivity index (χ0v) is 16.8. The average molecular weight is 402 g/mol. The Morgan fingerprint density at radius 1 is 1.30 bits per heavy atom. The van der Waals surface area contributed by atoms with E-state index in [1.807, 2.05) is 53.6 Å². The molecule has 7 heteroatoms. The van der Waals surface area contributed by atoms with E-state index < -0.39 is 0 Å². The molecule has 4 aromatic rings. The summed E-state index contributed by atoms with van der Waals surface area (Å²) < 4.78 is 9.60. The minimum Gasteiger partial charge on any atom is -0.463 e. The van der Waals surface area contributed by atoms with Crippen LogP contribution in [0.5, 0.6) is 0 Å². The van der Waals surface area contributed by atoms with Crippen LogP contribution in [0.2, 0.25) is 0 Å². The van der Waals surface area contributed by atoms with E-state index in [2.05, 4.69) is 10.1 Å². The van der Waals surface area contributed by atoms with Crippen LogP contribution in [0, 0.1) is 12.8 Å². The summed E-state index contributed by atoms with van der Waals surface area (Å²) in [6.45, 7) is 2.46. The van der Waals surface area contributed by atoms with Crippen LogP contribution in [0.3, 0.4) is 0 Å². The van der Waals surface area contributed by atoms with Crippen molar-refractivity contribution in [1.29, 1.82) is 0 Å². The van der Waals surface area contributed by atoms with Crippen LogP contribution in [-0.4, -0.2) is 30.8 Å². The van der Waals surface area contributed by atoms with Crippen LogP contribution in [-0.2, 0) is 13.6 Å². The molecule has 2 unspecified atom stereocenters. The minimum absolute atomic E-state index is 0.114. The van der Waals surface area contributed by atoms with Gasteiger partial charge in [0.1, 0.15) is 11.5 Å². The number of imidazole rings is 1. The number of hydrogen-bond donors (Lipinski definition) is 1. The predicted molar refractivity (Wildman–Crippen MR) is 112 cm³/mol. The third-order valence-electron chi connectivity index (χ3n) is 6.17. The second kappa shape index (κ2) is 7.02. The van der Waals surface area contributed by atoms with Crippen molar-refractivity contribution in [2.24, 2.45) is 18.1 Å². The van der Waals surface area contributed by atoms with Crippen molar-refractivity contribution in [3.63, 3.8) is 0 Å². The standard InChI is InChI=1S/C23H22N4O3/c1-14-24-9-10-27(14)13-15-12-17(21(25-29)19-8-5-11-30-19)22-20(23(15)28)16-6-3-4-7-18(16)26(22)2/h3-11,15,17,29H,12-13H2,1-2H3. The van der Waals surface area contributed by atoms with Gasteiger partial charge in [0.05, 0.1) is 12.2 Å². The number of aromatic nitrogens is 3. The molecular formula is C23H22N4O3. The molecule has 30 heavy (non-hydrogen) atoms. The number of hydrogen-bond acceptors (Lipinski definition) is 5. The number of furan rings is 1. The van der Waals surface area contributed by atoms with Gasteiger partial charge < -0.3 is 18.8 Å². The summed E-state index contributed by atoms with van der Waals surface area (Å²) in [5, 5.41) is 14.5. The molecule has 3 aromatic heterocycles. The van der Waals surface area contributed by atoms with E-state index in [-0.39, 0.29) is 17.6 Å². The van der Waals surface area contributed by atoms with Crippen molar-refractivity contribution in [2.75, 3.05) is 0 Å². The van der Waals surface area contributed by atoms with Crippen LogP contribution < -0.4 is 0 Å². The summed E-state index contributed by atoms with van der Waals surface area (Å²) in [6, 6.07) is 11.5. The number of benzene rings is 1. The summed E-state index contributed by atoms with van der Waals surface area (Å²) in [7, 11) is 1.96. The van der Waals surface area contributed by atoms with Gasteiger partial charge in [-0.25, -0.2) is 4.98 Å². The van der Waals surface area contributed by atoms with E-state index in [0.717, 1.165) is 22.4 Å². The number of carbonyl (C=O) groups is 1. The van der Waals surface area contributed by atoms with E-state index >= 15 is 0 Å². The predicted octanol–water partition coefficient (Wildman–Crippen LogP) is 4.14. The van der Waals surface area contributed by atoms with Crippen LogP contribution >= 0.6 is 0 Å². The lowest BCUT2D eigenvalue weighted by atomic mass is 9.76. The highest BCUT2D eigenvalue weighted by Gasteiger charge is 2.41. The summed E-state index contributed by atoms with van der Waals surface area (Å²) in [5.41, 5.74) is 2.99. The van der Waals surface area contributed by atoms with E-state index in [1.54, 1.807) is 24.6 Å². The molecule has 1 N–H and O–H groups in total. The Morgan fingerprint density at radius 2 is 2.13 bits per heavy atom. The van der Waals surface area contributed by atoms with Crippen molar-refractivity contribution < 1.29 is 14.4 Å². The molecule has 0 aliphatic heterocycles. The first kappa shape index (κ1) is 18.4. The fourth-order valence-corrected chi connectivity index (χ4v) is 4.73. The van der Waals surface area contributed by atoms with E-state index in [9.17, 15) is 10.0 Å². The van der Waals surface area contributed by atoms with Gasteiger partial charge in [-0.1, -0.05) is 23.4 Å². The highest BCUT2D eigenvalue weighted by molar-refractivity contribution is 6.15. The normalized spacial score (nSPS) is 19.4. The fourth-order valence-electron chi connectivity index (χ4n) is 4.73. The maximum absolute atomic E-state index is 13.7. The monoisotopic (exact) mass is 402 g/mol. The minimum atomic E-state index is -0.278. The highest BCUT2D eigenvalue weighted by Crippen LogP contribution is 2.42. The van der Waals surface area contributed by atoms with E-state index in [1.165, 1.54) is 0 Å². The van der Waals surface area contributed by atoms with Gasteiger partial charge in [0.2, 0.25) is 0 Å². The Hall–Kier alpha value is -3.61. The number of nitrogens with zero attached hydrogens (tertiary/aromatic N) is 4. The first-order valence-electron chi connectivity index (χ1n) is 9.95. The third kappa shape index (κ3) is 2.69. The summed E-state index contributed by atoms with van der Waals surface area (Å²) >= 11 is 0. The van der Waals surface area contributed by atoms with Gasteiger partial charge in [-0.2, -0.15) is 0 Å². The Labute approximate surface area is 173 Å². The van der Waals surface area contributed by atoms with Gasteiger partial charge in [0.15, 0.2) is 11.5 Å². The average Bonchev–Trinajstić information content (AvgIpc) is 3.48. The van der Waals surface area contributed by atoms with Gasteiger partial charge in [-0.15, -0.1) is 0 Å². The Morgan fingerprint density at radius 3 is 2.83 bits per heavy atom. The summed E-state index contributed by atoms with van der Waals surface area (Å²) in [4.78, 5) is 17.9.